The molecule has 0 radical (unpaired) electrons. The number of nitrogens with zero attached hydrogens (tertiary/aromatic N) is 3. The Hall–Kier alpha value is -3.20. The van der Waals surface area contributed by atoms with E-state index in [0.717, 1.165) is 17.7 Å². The van der Waals surface area contributed by atoms with Crippen LogP contribution < -0.4 is 5.32 Å². The molecule has 1 aromatic heterocycles. The van der Waals surface area contributed by atoms with E-state index in [9.17, 15) is 23.1 Å². The van der Waals surface area contributed by atoms with Crippen molar-refractivity contribution in [1.82, 2.24) is 20.3 Å². The first-order valence-corrected chi connectivity index (χ1v) is 8.67. The summed E-state index contributed by atoms with van der Waals surface area (Å²) in [5.74, 6) is -0.171. The SMILES string of the molecule is CC(=O)NCc1ccc(Cl)c(-c2nc(O)nc(-c3ccc(C(F)(F)F)cc3)n2)c1. The molecule has 3 rings (SSSR count). The van der Waals surface area contributed by atoms with Crippen LogP contribution in [0.1, 0.15) is 18.1 Å². The summed E-state index contributed by atoms with van der Waals surface area (Å²) in [5, 5.41) is 12.8. The van der Waals surface area contributed by atoms with E-state index in [1.54, 1.807) is 18.2 Å². The summed E-state index contributed by atoms with van der Waals surface area (Å²) in [5.41, 5.74) is 0.548. The van der Waals surface area contributed by atoms with Crippen molar-refractivity contribution in [3.05, 3.63) is 58.6 Å². The third-order valence-corrected chi connectivity index (χ3v) is 4.24. The second-order valence-corrected chi connectivity index (χ2v) is 6.49. The zero-order chi connectivity index (χ0) is 21.2. The van der Waals surface area contributed by atoms with Crippen LogP contribution in [-0.4, -0.2) is 26.0 Å². The summed E-state index contributed by atoms with van der Waals surface area (Å²) in [6.45, 7) is 1.64. The highest BCUT2D eigenvalue weighted by Crippen LogP contribution is 2.32. The normalized spacial score (nSPS) is 11.3. The molecular formula is C19H14ClF3N4O2. The number of aromatic nitrogens is 3. The quantitative estimate of drug-likeness (QED) is 0.657. The van der Waals surface area contributed by atoms with Crippen molar-refractivity contribution in [3.8, 4) is 28.8 Å². The van der Waals surface area contributed by atoms with Gasteiger partial charge in [0.1, 0.15) is 0 Å². The molecule has 0 fully saturated rings. The van der Waals surface area contributed by atoms with Gasteiger partial charge in [0.25, 0.3) is 0 Å². The number of carbonyl (C=O) groups excluding carboxylic acids is 1. The lowest BCUT2D eigenvalue weighted by atomic mass is 10.1. The van der Waals surface area contributed by atoms with Crippen LogP contribution in [0.5, 0.6) is 6.01 Å². The topological polar surface area (TPSA) is 88.0 Å². The number of alkyl halides is 3. The average Bonchev–Trinajstić information content (AvgIpc) is 2.66. The predicted molar refractivity (Wildman–Crippen MR) is 99.9 cm³/mol. The van der Waals surface area contributed by atoms with Crippen LogP contribution in [0, 0.1) is 0 Å². The van der Waals surface area contributed by atoms with Crippen LogP contribution in [0.3, 0.4) is 0 Å². The van der Waals surface area contributed by atoms with E-state index in [2.05, 4.69) is 20.3 Å². The standard InChI is InChI=1S/C19H14ClF3N4O2/c1-10(28)24-9-11-2-7-15(20)14(8-11)17-25-16(26-18(29)27-17)12-3-5-13(6-4-12)19(21,22)23/h2-8H,9H2,1H3,(H,24,28)(H,25,26,27,29). The van der Waals surface area contributed by atoms with Gasteiger partial charge in [-0.3, -0.25) is 4.79 Å². The maximum atomic E-state index is 12.7. The molecule has 0 unspecified atom stereocenters. The van der Waals surface area contributed by atoms with E-state index in [1.165, 1.54) is 19.1 Å². The van der Waals surface area contributed by atoms with E-state index < -0.39 is 17.8 Å². The van der Waals surface area contributed by atoms with Gasteiger partial charge in [-0.1, -0.05) is 29.8 Å². The van der Waals surface area contributed by atoms with Gasteiger partial charge in [0.2, 0.25) is 5.91 Å². The fourth-order valence-electron chi connectivity index (χ4n) is 2.50. The molecule has 0 atom stereocenters. The van der Waals surface area contributed by atoms with Gasteiger partial charge in [0.05, 0.1) is 10.6 Å². The Morgan fingerprint density at radius 1 is 1.07 bits per heavy atom. The molecule has 1 heterocycles. The minimum atomic E-state index is -4.47. The van der Waals surface area contributed by atoms with Crippen LogP contribution in [0.25, 0.3) is 22.8 Å². The van der Waals surface area contributed by atoms with Gasteiger partial charge >= 0.3 is 12.2 Å². The zero-order valence-corrected chi connectivity index (χ0v) is 15.7. The summed E-state index contributed by atoms with van der Waals surface area (Å²) < 4.78 is 38.2. The van der Waals surface area contributed by atoms with Gasteiger partial charge in [0.15, 0.2) is 11.6 Å². The molecule has 1 amide bonds. The second-order valence-electron chi connectivity index (χ2n) is 6.08. The Morgan fingerprint density at radius 3 is 2.34 bits per heavy atom. The molecular weight excluding hydrogens is 409 g/mol. The Morgan fingerprint density at radius 2 is 1.72 bits per heavy atom. The van der Waals surface area contributed by atoms with Crippen molar-refractivity contribution in [2.45, 2.75) is 19.6 Å². The highest BCUT2D eigenvalue weighted by Gasteiger charge is 2.30. The number of nitrogens with one attached hydrogen (secondary N) is 1. The maximum Gasteiger partial charge on any atom is 0.416 e. The van der Waals surface area contributed by atoms with Gasteiger partial charge in [-0.2, -0.15) is 23.1 Å². The van der Waals surface area contributed by atoms with E-state index >= 15 is 0 Å². The molecule has 3 aromatic rings. The van der Waals surface area contributed by atoms with Crippen molar-refractivity contribution in [2.24, 2.45) is 0 Å². The van der Waals surface area contributed by atoms with Crippen LogP contribution in [0.15, 0.2) is 42.5 Å². The molecule has 0 aliphatic carbocycles. The van der Waals surface area contributed by atoms with E-state index in [1.807, 2.05) is 0 Å². The first kappa shape index (κ1) is 20.5. The first-order chi connectivity index (χ1) is 13.6. The van der Waals surface area contributed by atoms with E-state index in [4.69, 9.17) is 11.6 Å². The fourth-order valence-corrected chi connectivity index (χ4v) is 2.70. The number of halogens is 4. The second kappa shape index (κ2) is 8.04. The fraction of sp³-hybridized carbons (Fsp3) is 0.158. The number of hydrogen-bond donors (Lipinski definition) is 2. The van der Waals surface area contributed by atoms with Crippen molar-refractivity contribution in [3.63, 3.8) is 0 Å². The molecule has 0 aliphatic heterocycles. The molecule has 150 valence electrons. The van der Waals surface area contributed by atoms with Crippen molar-refractivity contribution < 1.29 is 23.1 Å². The molecule has 10 heteroatoms. The average molecular weight is 423 g/mol. The molecule has 29 heavy (non-hydrogen) atoms. The molecule has 0 saturated heterocycles. The van der Waals surface area contributed by atoms with Gasteiger partial charge in [-0.25, -0.2) is 4.98 Å². The minimum Gasteiger partial charge on any atom is -0.479 e. The number of carbonyl (C=O) groups is 1. The summed E-state index contributed by atoms with van der Waals surface area (Å²) in [4.78, 5) is 23.0. The number of rotatable bonds is 4. The smallest absolute Gasteiger partial charge is 0.416 e. The first-order valence-electron chi connectivity index (χ1n) is 8.29. The third-order valence-electron chi connectivity index (χ3n) is 3.91. The lowest BCUT2D eigenvalue weighted by Crippen LogP contribution is -2.18. The number of hydrogen-bond acceptors (Lipinski definition) is 5. The van der Waals surface area contributed by atoms with E-state index in [-0.39, 0.29) is 29.7 Å². The predicted octanol–water partition coefficient (Wildman–Crippen LogP) is 4.22. The number of aromatic hydroxyl groups is 1. The summed E-state index contributed by atoms with van der Waals surface area (Å²) >= 11 is 6.22. The highest BCUT2D eigenvalue weighted by atomic mass is 35.5. The third kappa shape index (κ3) is 5.00. The zero-order valence-electron chi connectivity index (χ0n) is 15.0. The summed E-state index contributed by atoms with van der Waals surface area (Å²) in [6, 6.07) is 8.55. The molecule has 2 aromatic carbocycles. The van der Waals surface area contributed by atoms with E-state index in [0.29, 0.717) is 10.6 Å². The largest absolute Gasteiger partial charge is 0.479 e. The van der Waals surface area contributed by atoms with Crippen LogP contribution >= 0.6 is 11.6 Å². The van der Waals surface area contributed by atoms with Gasteiger partial charge in [0, 0.05) is 24.6 Å². The van der Waals surface area contributed by atoms with Crippen molar-refractivity contribution >= 4 is 17.5 Å². The molecule has 0 aliphatic rings. The van der Waals surface area contributed by atoms with Gasteiger partial charge in [-0.15, -0.1) is 0 Å². The van der Waals surface area contributed by atoms with Crippen LogP contribution in [0.2, 0.25) is 5.02 Å². The highest BCUT2D eigenvalue weighted by molar-refractivity contribution is 6.33. The monoisotopic (exact) mass is 422 g/mol. The van der Waals surface area contributed by atoms with Crippen LogP contribution in [-0.2, 0) is 17.5 Å². The van der Waals surface area contributed by atoms with Crippen molar-refractivity contribution in [2.75, 3.05) is 0 Å². The molecule has 0 bridgehead atoms. The summed E-state index contributed by atoms with van der Waals surface area (Å²) in [7, 11) is 0. The lowest BCUT2D eigenvalue weighted by molar-refractivity contribution is -0.137. The summed E-state index contributed by atoms with van der Waals surface area (Å²) in [6.07, 6.45) is -4.47. The van der Waals surface area contributed by atoms with Gasteiger partial charge < -0.3 is 10.4 Å². The van der Waals surface area contributed by atoms with Gasteiger partial charge in [-0.05, 0) is 29.8 Å². The lowest BCUT2D eigenvalue weighted by Gasteiger charge is -2.10. The number of amides is 1. The van der Waals surface area contributed by atoms with Crippen LogP contribution in [0.4, 0.5) is 13.2 Å². The molecule has 2 N–H and O–H groups in total. The van der Waals surface area contributed by atoms with Crippen molar-refractivity contribution in [1.29, 1.82) is 0 Å². The maximum absolute atomic E-state index is 12.7. The molecule has 6 nitrogen and oxygen atoms in total. The Labute approximate surface area is 168 Å². The molecule has 0 spiro atoms. The minimum absolute atomic E-state index is 0.00967. The Kier molecular flexibility index (Phi) is 5.69. The molecule has 0 saturated carbocycles. The Bertz CT molecular complexity index is 1060. The Balaban J connectivity index is 1.99. The number of benzene rings is 2.